The Morgan fingerprint density at radius 1 is 1.37 bits per heavy atom. The van der Waals surface area contributed by atoms with Crippen LogP contribution in [0.4, 0.5) is 0 Å². The summed E-state index contributed by atoms with van der Waals surface area (Å²) in [5.41, 5.74) is 0.589. The minimum Gasteiger partial charge on any atom is -0.392 e. The van der Waals surface area contributed by atoms with E-state index in [9.17, 15) is 8.42 Å². The van der Waals surface area contributed by atoms with Crippen LogP contribution < -0.4 is 4.72 Å². The second-order valence-corrected chi connectivity index (χ2v) is 6.60. The summed E-state index contributed by atoms with van der Waals surface area (Å²) in [7, 11) is -3.58. The second kappa shape index (κ2) is 6.98. The molecule has 0 aliphatic carbocycles. The number of hydrogen-bond acceptors (Lipinski definition) is 4. The number of pyridine rings is 1. The summed E-state index contributed by atoms with van der Waals surface area (Å²) in [6.07, 6.45) is 3.19. The summed E-state index contributed by atoms with van der Waals surface area (Å²) in [6, 6.07) is 2.84. The van der Waals surface area contributed by atoms with Crippen molar-refractivity contribution >= 4 is 10.0 Å². The van der Waals surface area contributed by atoms with Gasteiger partial charge in [-0.1, -0.05) is 26.3 Å². The van der Waals surface area contributed by atoms with E-state index in [1.165, 1.54) is 12.3 Å². The van der Waals surface area contributed by atoms with Gasteiger partial charge in [-0.3, -0.25) is 0 Å². The van der Waals surface area contributed by atoms with Crippen LogP contribution in [0.25, 0.3) is 0 Å². The van der Waals surface area contributed by atoms with Gasteiger partial charge in [0, 0.05) is 12.2 Å². The van der Waals surface area contributed by atoms with Crippen molar-refractivity contribution in [3.8, 4) is 0 Å². The number of sulfonamides is 1. The molecular formula is C13H22N2O3S. The van der Waals surface area contributed by atoms with Crippen molar-refractivity contribution in [2.75, 3.05) is 0 Å². The first-order chi connectivity index (χ1) is 8.89. The van der Waals surface area contributed by atoms with Crippen LogP contribution in [-0.2, 0) is 16.6 Å². The largest absolute Gasteiger partial charge is 0.392 e. The van der Waals surface area contributed by atoms with E-state index in [0.717, 1.165) is 12.8 Å². The average molecular weight is 286 g/mol. The zero-order valence-electron chi connectivity index (χ0n) is 11.6. The van der Waals surface area contributed by atoms with Gasteiger partial charge < -0.3 is 5.11 Å². The van der Waals surface area contributed by atoms with Crippen molar-refractivity contribution in [2.45, 2.75) is 51.3 Å². The smallest absolute Gasteiger partial charge is 0.258 e. The Balaban J connectivity index is 2.74. The maximum Gasteiger partial charge on any atom is 0.258 e. The van der Waals surface area contributed by atoms with Gasteiger partial charge in [-0.15, -0.1) is 0 Å². The highest BCUT2D eigenvalue weighted by Gasteiger charge is 2.19. The predicted molar refractivity (Wildman–Crippen MR) is 74.0 cm³/mol. The Morgan fingerprint density at radius 2 is 2.05 bits per heavy atom. The number of rotatable bonds is 7. The van der Waals surface area contributed by atoms with E-state index in [1.807, 2.05) is 6.92 Å². The zero-order valence-corrected chi connectivity index (χ0v) is 12.4. The van der Waals surface area contributed by atoms with Crippen molar-refractivity contribution in [1.29, 1.82) is 0 Å². The van der Waals surface area contributed by atoms with Crippen molar-refractivity contribution < 1.29 is 13.5 Å². The molecule has 2 N–H and O–H groups in total. The van der Waals surface area contributed by atoms with Crippen LogP contribution in [0.1, 0.15) is 39.2 Å². The van der Waals surface area contributed by atoms with Gasteiger partial charge in [0.2, 0.25) is 0 Å². The lowest BCUT2D eigenvalue weighted by molar-refractivity contribution is 0.281. The summed E-state index contributed by atoms with van der Waals surface area (Å²) < 4.78 is 26.8. The Morgan fingerprint density at radius 3 is 2.53 bits per heavy atom. The molecule has 0 radical (unpaired) electrons. The molecule has 0 fully saturated rings. The highest BCUT2D eigenvalue weighted by molar-refractivity contribution is 7.89. The second-order valence-electron chi connectivity index (χ2n) is 4.93. The molecule has 0 aliphatic rings. The van der Waals surface area contributed by atoms with Crippen molar-refractivity contribution in [3.05, 3.63) is 23.9 Å². The fourth-order valence-corrected chi connectivity index (χ4v) is 2.99. The van der Waals surface area contributed by atoms with Crippen LogP contribution in [0.2, 0.25) is 0 Å². The van der Waals surface area contributed by atoms with E-state index < -0.39 is 10.0 Å². The van der Waals surface area contributed by atoms with E-state index >= 15 is 0 Å². The maximum atomic E-state index is 12.1. The van der Waals surface area contributed by atoms with Gasteiger partial charge in [0.25, 0.3) is 10.0 Å². The summed E-state index contributed by atoms with van der Waals surface area (Å²) in [5, 5.41) is 8.88. The quantitative estimate of drug-likeness (QED) is 0.799. The van der Waals surface area contributed by atoms with E-state index in [4.69, 9.17) is 5.11 Å². The van der Waals surface area contributed by atoms with Crippen LogP contribution in [0.3, 0.4) is 0 Å². The number of aromatic nitrogens is 1. The first-order valence-corrected chi connectivity index (χ1v) is 7.95. The van der Waals surface area contributed by atoms with Crippen molar-refractivity contribution in [1.82, 2.24) is 9.71 Å². The minimum absolute atomic E-state index is 0.0132. The number of aliphatic hydroxyl groups is 1. The molecule has 6 heteroatoms. The molecule has 1 heterocycles. The molecule has 2 atom stereocenters. The van der Waals surface area contributed by atoms with Gasteiger partial charge >= 0.3 is 0 Å². The van der Waals surface area contributed by atoms with E-state index in [0.29, 0.717) is 11.5 Å². The Bertz CT molecular complexity index is 485. The highest BCUT2D eigenvalue weighted by atomic mass is 32.2. The third kappa shape index (κ3) is 4.89. The fraction of sp³-hybridized carbons (Fsp3) is 0.615. The molecule has 0 saturated carbocycles. The zero-order chi connectivity index (χ0) is 14.5. The lowest BCUT2D eigenvalue weighted by Gasteiger charge is -2.17. The Kier molecular flexibility index (Phi) is 5.90. The molecule has 0 spiro atoms. The number of aliphatic hydroxyl groups excluding tert-OH is 1. The van der Waals surface area contributed by atoms with Crippen molar-refractivity contribution in [3.63, 3.8) is 0 Å². The predicted octanol–water partition coefficient (Wildman–Crippen LogP) is 1.68. The lowest BCUT2D eigenvalue weighted by atomic mass is 10.0. The van der Waals surface area contributed by atoms with E-state index in [2.05, 4.69) is 23.6 Å². The molecule has 0 aromatic carbocycles. The van der Waals surface area contributed by atoms with Gasteiger partial charge in [-0.25, -0.2) is 18.1 Å². The molecule has 1 aromatic heterocycles. The van der Waals surface area contributed by atoms with Crippen LogP contribution in [0.15, 0.2) is 23.4 Å². The van der Waals surface area contributed by atoms with E-state index in [1.54, 1.807) is 6.07 Å². The van der Waals surface area contributed by atoms with E-state index in [-0.39, 0.29) is 17.7 Å². The summed E-state index contributed by atoms with van der Waals surface area (Å²) >= 11 is 0. The van der Waals surface area contributed by atoms with Crippen LogP contribution in [0, 0.1) is 5.92 Å². The number of nitrogens with zero attached hydrogens (tertiary/aromatic N) is 1. The van der Waals surface area contributed by atoms with Crippen molar-refractivity contribution in [2.24, 2.45) is 5.92 Å². The monoisotopic (exact) mass is 286 g/mol. The maximum absolute atomic E-state index is 12.1. The van der Waals surface area contributed by atoms with Gasteiger partial charge in [-0.05, 0) is 30.9 Å². The normalized spacial score (nSPS) is 15.2. The SMILES string of the molecule is CCC(C)CC(C)NS(=O)(=O)c1ccc(CO)cn1. The van der Waals surface area contributed by atoms with Crippen LogP contribution in [0.5, 0.6) is 0 Å². The lowest BCUT2D eigenvalue weighted by Crippen LogP contribution is -2.34. The molecule has 0 amide bonds. The Labute approximate surface area is 115 Å². The fourth-order valence-electron chi connectivity index (χ4n) is 1.81. The molecule has 0 aliphatic heterocycles. The van der Waals surface area contributed by atoms with Gasteiger partial charge in [0.05, 0.1) is 6.61 Å². The first kappa shape index (κ1) is 16.1. The molecule has 0 bridgehead atoms. The number of nitrogens with one attached hydrogen (secondary N) is 1. The molecule has 19 heavy (non-hydrogen) atoms. The summed E-state index contributed by atoms with van der Waals surface area (Å²) in [4.78, 5) is 3.86. The standard InChI is InChI=1S/C13H22N2O3S/c1-4-10(2)7-11(3)15-19(17,18)13-6-5-12(9-16)8-14-13/h5-6,8,10-11,15-16H,4,7,9H2,1-3H3. The summed E-state index contributed by atoms with van der Waals surface area (Å²) in [5.74, 6) is 0.474. The number of hydrogen-bond donors (Lipinski definition) is 2. The molecule has 1 aromatic rings. The topological polar surface area (TPSA) is 79.3 Å². The van der Waals surface area contributed by atoms with Crippen LogP contribution in [-0.4, -0.2) is 24.6 Å². The highest BCUT2D eigenvalue weighted by Crippen LogP contribution is 2.13. The summed E-state index contributed by atoms with van der Waals surface area (Å²) in [6.45, 7) is 5.89. The third-order valence-electron chi connectivity index (χ3n) is 3.06. The minimum atomic E-state index is -3.58. The molecule has 0 saturated heterocycles. The van der Waals surface area contributed by atoms with Gasteiger partial charge in [0.15, 0.2) is 5.03 Å². The molecule has 108 valence electrons. The molecule has 1 rings (SSSR count). The molecule has 5 nitrogen and oxygen atoms in total. The Hall–Kier alpha value is -0.980. The third-order valence-corrected chi connectivity index (χ3v) is 4.57. The molecular weight excluding hydrogens is 264 g/mol. The average Bonchev–Trinajstić information content (AvgIpc) is 2.37. The van der Waals surface area contributed by atoms with Crippen LogP contribution >= 0.6 is 0 Å². The van der Waals surface area contributed by atoms with Gasteiger partial charge in [-0.2, -0.15) is 0 Å². The molecule has 2 unspecified atom stereocenters. The first-order valence-electron chi connectivity index (χ1n) is 6.47. The van der Waals surface area contributed by atoms with Gasteiger partial charge in [0.1, 0.15) is 0 Å².